The SMILES string of the molecule is C=CC(C)(CNC(C)(C)C)Cc1cc(CC)nn1CC. The molecule has 0 amide bonds. The quantitative estimate of drug-likeness (QED) is 0.772. The maximum absolute atomic E-state index is 4.64. The molecule has 1 heterocycles. The zero-order chi connectivity index (χ0) is 15.4. The minimum absolute atomic E-state index is 0.0469. The molecule has 20 heavy (non-hydrogen) atoms. The summed E-state index contributed by atoms with van der Waals surface area (Å²) < 4.78 is 2.12. The van der Waals surface area contributed by atoms with Crippen molar-refractivity contribution in [1.29, 1.82) is 0 Å². The van der Waals surface area contributed by atoms with Gasteiger partial charge in [-0.1, -0.05) is 19.9 Å². The Kier molecular flexibility index (Phi) is 5.58. The van der Waals surface area contributed by atoms with E-state index in [1.165, 1.54) is 11.4 Å². The monoisotopic (exact) mass is 277 g/mol. The zero-order valence-corrected chi connectivity index (χ0v) is 14.1. The van der Waals surface area contributed by atoms with Gasteiger partial charge in [-0.05, 0) is 46.6 Å². The number of aromatic nitrogens is 2. The van der Waals surface area contributed by atoms with Crippen molar-refractivity contribution in [2.45, 2.75) is 66.5 Å². The molecule has 1 aromatic rings. The summed E-state index contributed by atoms with van der Waals surface area (Å²) in [6.07, 6.45) is 4.04. The van der Waals surface area contributed by atoms with E-state index in [2.05, 4.69) is 75.4 Å². The van der Waals surface area contributed by atoms with Crippen LogP contribution in [0.3, 0.4) is 0 Å². The predicted octanol–water partition coefficient (Wildman–Crippen LogP) is 3.59. The van der Waals surface area contributed by atoms with Crippen LogP contribution >= 0.6 is 0 Å². The van der Waals surface area contributed by atoms with Crippen LogP contribution in [0, 0.1) is 5.41 Å². The summed E-state index contributed by atoms with van der Waals surface area (Å²) in [4.78, 5) is 0. The largest absolute Gasteiger partial charge is 0.311 e. The first-order valence-electron chi connectivity index (χ1n) is 7.67. The molecule has 0 aliphatic rings. The number of aryl methyl sites for hydroxylation is 2. The molecule has 0 aliphatic carbocycles. The first-order chi connectivity index (χ1) is 9.23. The van der Waals surface area contributed by atoms with E-state index >= 15 is 0 Å². The summed E-state index contributed by atoms with van der Waals surface area (Å²) in [5.74, 6) is 0. The minimum Gasteiger partial charge on any atom is -0.311 e. The van der Waals surface area contributed by atoms with Crippen LogP contribution in [0.2, 0.25) is 0 Å². The van der Waals surface area contributed by atoms with Gasteiger partial charge in [-0.15, -0.1) is 6.58 Å². The fourth-order valence-corrected chi connectivity index (χ4v) is 2.19. The van der Waals surface area contributed by atoms with Crippen molar-refractivity contribution < 1.29 is 0 Å². The second-order valence-electron chi connectivity index (χ2n) is 6.93. The number of rotatable bonds is 7. The highest BCUT2D eigenvalue weighted by atomic mass is 15.3. The number of hydrogen-bond donors (Lipinski definition) is 1. The number of nitrogens with one attached hydrogen (secondary N) is 1. The topological polar surface area (TPSA) is 29.9 Å². The van der Waals surface area contributed by atoms with Gasteiger partial charge in [0.25, 0.3) is 0 Å². The minimum atomic E-state index is 0.0469. The van der Waals surface area contributed by atoms with Gasteiger partial charge in [-0.3, -0.25) is 4.68 Å². The van der Waals surface area contributed by atoms with Gasteiger partial charge in [0.2, 0.25) is 0 Å². The average molecular weight is 277 g/mol. The normalized spacial score (nSPS) is 15.1. The van der Waals surface area contributed by atoms with E-state index in [1.54, 1.807) is 0 Å². The Hall–Kier alpha value is -1.09. The van der Waals surface area contributed by atoms with E-state index in [9.17, 15) is 0 Å². The fraction of sp³-hybridized carbons (Fsp3) is 0.706. The lowest BCUT2D eigenvalue weighted by atomic mass is 9.84. The molecule has 1 unspecified atom stereocenters. The third-order valence-corrected chi connectivity index (χ3v) is 3.68. The van der Waals surface area contributed by atoms with Crippen molar-refractivity contribution >= 4 is 0 Å². The lowest BCUT2D eigenvalue weighted by Crippen LogP contribution is -2.43. The van der Waals surface area contributed by atoms with Crippen LogP contribution in [0.4, 0.5) is 0 Å². The molecule has 0 bridgehead atoms. The molecule has 0 spiro atoms. The van der Waals surface area contributed by atoms with Crippen molar-refractivity contribution in [2.75, 3.05) is 6.54 Å². The van der Waals surface area contributed by atoms with Crippen LogP contribution in [0.5, 0.6) is 0 Å². The van der Waals surface area contributed by atoms with E-state index in [4.69, 9.17) is 0 Å². The Morgan fingerprint density at radius 3 is 2.40 bits per heavy atom. The molecule has 1 rings (SSSR count). The highest BCUT2D eigenvalue weighted by molar-refractivity contribution is 5.15. The standard InChI is InChI=1S/C17H31N3/c1-8-14-11-15(20(10-3)19-14)12-17(7,9-2)13-18-16(4,5)6/h9,11,18H,2,8,10,12-13H2,1,3-7H3. The van der Waals surface area contributed by atoms with Gasteiger partial charge in [0.05, 0.1) is 5.69 Å². The lowest BCUT2D eigenvalue weighted by molar-refractivity contribution is 0.317. The Labute approximate surface area is 124 Å². The lowest BCUT2D eigenvalue weighted by Gasteiger charge is -2.31. The van der Waals surface area contributed by atoms with E-state index in [0.717, 1.165) is 25.9 Å². The van der Waals surface area contributed by atoms with Crippen molar-refractivity contribution in [2.24, 2.45) is 5.41 Å². The average Bonchev–Trinajstić information content (AvgIpc) is 2.78. The molecule has 114 valence electrons. The molecule has 1 aromatic heterocycles. The molecule has 0 radical (unpaired) electrons. The fourth-order valence-electron chi connectivity index (χ4n) is 2.19. The summed E-state index contributed by atoms with van der Waals surface area (Å²) in [5.41, 5.74) is 2.66. The van der Waals surface area contributed by atoms with Crippen LogP contribution in [0.15, 0.2) is 18.7 Å². The molecule has 3 nitrogen and oxygen atoms in total. The summed E-state index contributed by atoms with van der Waals surface area (Å²) in [7, 11) is 0. The Bertz CT molecular complexity index is 440. The van der Waals surface area contributed by atoms with Gasteiger partial charge in [0.15, 0.2) is 0 Å². The van der Waals surface area contributed by atoms with Crippen molar-refractivity contribution in [3.8, 4) is 0 Å². The summed E-state index contributed by atoms with van der Waals surface area (Å²) in [5, 5.41) is 8.23. The summed E-state index contributed by atoms with van der Waals surface area (Å²) in [6, 6.07) is 2.24. The van der Waals surface area contributed by atoms with Crippen LogP contribution in [-0.4, -0.2) is 21.9 Å². The highest BCUT2D eigenvalue weighted by Gasteiger charge is 2.25. The smallest absolute Gasteiger partial charge is 0.0624 e. The maximum Gasteiger partial charge on any atom is 0.0624 e. The van der Waals surface area contributed by atoms with Crippen LogP contribution < -0.4 is 5.32 Å². The van der Waals surface area contributed by atoms with Gasteiger partial charge in [0.1, 0.15) is 0 Å². The van der Waals surface area contributed by atoms with Gasteiger partial charge in [0, 0.05) is 29.7 Å². The second kappa shape index (κ2) is 6.57. The first-order valence-corrected chi connectivity index (χ1v) is 7.67. The van der Waals surface area contributed by atoms with Crippen molar-refractivity contribution in [3.63, 3.8) is 0 Å². The first kappa shape index (κ1) is 17.0. The zero-order valence-electron chi connectivity index (χ0n) is 14.1. The Morgan fingerprint density at radius 1 is 1.30 bits per heavy atom. The highest BCUT2D eigenvalue weighted by Crippen LogP contribution is 2.24. The van der Waals surface area contributed by atoms with E-state index in [0.29, 0.717) is 0 Å². The molecule has 0 aliphatic heterocycles. The number of nitrogens with zero attached hydrogens (tertiary/aromatic N) is 2. The van der Waals surface area contributed by atoms with E-state index in [1.807, 2.05) is 0 Å². The molecular weight excluding hydrogens is 246 g/mol. The third-order valence-electron chi connectivity index (χ3n) is 3.68. The summed E-state index contributed by atoms with van der Waals surface area (Å²) in [6.45, 7) is 19.0. The van der Waals surface area contributed by atoms with Gasteiger partial charge in [-0.2, -0.15) is 5.10 Å². The van der Waals surface area contributed by atoms with Gasteiger partial charge in [-0.25, -0.2) is 0 Å². The van der Waals surface area contributed by atoms with Gasteiger partial charge < -0.3 is 5.32 Å². The molecule has 0 fully saturated rings. The van der Waals surface area contributed by atoms with Crippen molar-refractivity contribution in [1.82, 2.24) is 15.1 Å². The molecule has 1 N–H and O–H groups in total. The second-order valence-corrected chi connectivity index (χ2v) is 6.93. The Morgan fingerprint density at radius 2 is 1.95 bits per heavy atom. The van der Waals surface area contributed by atoms with E-state index < -0.39 is 0 Å². The van der Waals surface area contributed by atoms with Crippen molar-refractivity contribution in [3.05, 3.63) is 30.1 Å². The molecule has 0 saturated carbocycles. The van der Waals surface area contributed by atoms with Crippen LogP contribution in [0.25, 0.3) is 0 Å². The molecule has 0 saturated heterocycles. The molecular formula is C17H31N3. The van der Waals surface area contributed by atoms with E-state index in [-0.39, 0.29) is 11.0 Å². The summed E-state index contributed by atoms with van der Waals surface area (Å²) >= 11 is 0. The maximum atomic E-state index is 4.64. The number of hydrogen-bond acceptors (Lipinski definition) is 2. The molecule has 1 atom stereocenters. The predicted molar refractivity (Wildman–Crippen MR) is 87.0 cm³/mol. The Balaban J connectivity index is 2.86. The van der Waals surface area contributed by atoms with Gasteiger partial charge >= 0.3 is 0 Å². The third kappa shape index (κ3) is 4.78. The molecule has 3 heteroatoms. The van der Waals surface area contributed by atoms with Crippen LogP contribution in [-0.2, 0) is 19.4 Å². The van der Waals surface area contributed by atoms with Crippen LogP contribution in [0.1, 0.15) is 52.9 Å². The molecule has 0 aromatic carbocycles.